The highest BCUT2D eigenvalue weighted by Gasteiger charge is 2.35. The van der Waals surface area contributed by atoms with Gasteiger partial charge in [0.1, 0.15) is 0 Å². The van der Waals surface area contributed by atoms with Crippen molar-refractivity contribution in [1.82, 2.24) is 5.32 Å². The SMILES string of the molecule is CSC1(CNCc2ccc(SC(F)(F)F)cc2)CCC1. The Labute approximate surface area is 126 Å². The van der Waals surface area contributed by atoms with Gasteiger partial charge in [-0.05, 0) is 48.6 Å². The number of nitrogens with one attached hydrogen (secondary N) is 1. The molecule has 1 aromatic carbocycles. The standard InChI is InChI=1S/C14H18F3NS2/c1-19-13(7-2-8-13)10-18-9-11-3-5-12(6-4-11)20-14(15,16)17/h3-6,18H,2,7-10H2,1H3. The second-order valence-corrected chi connectivity index (χ2v) is 7.45. The third kappa shape index (κ3) is 4.60. The fourth-order valence-electron chi connectivity index (χ4n) is 2.27. The Bertz CT molecular complexity index is 422. The molecule has 0 aliphatic heterocycles. The van der Waals surface area contributed by atoms with E-state index < -0.39 is 5.51 Å². The Morgan fingerprint density at radius 3 is 2.30 bits per heavy atom. The summed E-state index contributed by atoms with van der Waals surface area (Å²) in [5, 5.41) is 3.41. The summed E-state index contributed by atoms with van der Waals surface area (Å²) in [6, 6.07) is 6.58. The Balaban J connectivity index is 1.79. The molecule has 1 nitrogen and oxygen atoms in total. The number of hydrogen-bond acceptors (Lipinski definition) is 3. The highest BCUT2D eigenvalue weighted by atomic mass is 32.2. The Kier molecular flexibility index (Phi) is 5.31. The molecule has 0 amide bonds. The van der Waals surface area contributed by atoms with Gasteiger partial charge in [-0.15, -0.1) is 0 Å². The van der Waals surface area contributed by atoms with Gasteiger partial charge in [-0.3, -0.25) is 0 Å². The van der Waals surface area contributed by atoms with Crippen LogP contribution < -0.4 is 5.32 Å². The molecule has 1 saturated carbocycles. The molecule has 6 heteroatoms. The summed E-state index contributed by atoms with van der Waals surface area (Å²) >= 11 is 1.84. The zero-order valence-corrected chi connectivity index (χ0v) is 12.9. The molecule has 0 unspecified atom stereocenters. The first-order valence-electron chi connectivity index (χ1n) is 6.53. The first-order chi connectivity index (χ1) is 9.42. The van der Waals surface area contributed by atoms with Crippen LogP contribution in [0.2, 0.25) is 0 Å². The molecular formula is C14H18F3NS2. The van der Waals surface area contributed by atoms with Crippen molar-refractivity contribution in [3.8, 4) is 0 Å². The first kappa shape index (κ1) is 16.0. The van der Waals surface area contributed by atoms with Crippen molar-refractivity contribution in [3.05, 3.63) is 29.8 Å². The minimum absolute atomic E-state index is 0.0698. The molecule has 0 radical (unpaired) electrons. The molecule has 1 fully saturated rings. The second-order valence-electron chi connectivity index (χ2n) is 5.04. The Morgan fingerprint density at radius 1 is 1.20 bits per heavy atom. The van der Waals surface area contributed by atoms with Crippen LogP contribution >= 0.6 is 23.5 Å². The summed E-state index contributed by atoms with van der Waals surface area (Å²) in [5.74, 6) is 0. The minimum Gasteiger partial charge on any atom is -0.311 e. The van der Waals surface area contributed by atoms with Crippen LogP contribution in [0.4, 0.5) is 13.2 Å². The van der Waals surface area contributed by atoms with Crippen LogP contribution in [0, 0.1) is 0 Å². The monoisotopic (exact) mass is 321 g/mol. The normalized spacial score (nSPS) is 17.8. The van der Waals surface area contributed by atoms with E-state index in [1.54, 1.807) is 12.1 Å². The van der Waals surface area contributed by atoms with E-state index in [1.807, 2.05) is 11.8 Å². The quantitative estimate of drug-likeness (QED) is 0.765. The fourth-order valence-corrected chi connectivity index (χ4v) is 3.75. The van der Waals surface area contributed by atoms with Crippen molar-refractivity contribution in [2.45, 2.75) is 41.0 Å². The average Bonchev–Trinajstić information content (AvgIpc) is 2.33. The minimum atomic E-state index is -4.21. The van der Waals surface area contributed by atoms with E-state index in [9.17, 15) is 13.2 Å². The fraction of sp³-hybridized carbons (Fsp3) is 0.571. The number of rotatable bonds is 6. The number of benzene rings is 1. The lowest BCUT2D eigenvalue weighted by atomic mass is 9.84. The predicted molar refractivity (Wildman–Crippen MR) is 80.2 cm³/mol. The highest BCUT2D eigenvalue weighted by molar-refractivity contribution is 8.00. The molecule has 0 aromatic heterocycles. The van der Waals surface area contributed by atoms with E-state index >= 15 is 0 Å². The molecule has 0 saturated heterocycles. The van der Waals surface area contributed by atoms with Crippen LogP contribution in [0.1, 0.15) is 24.8 Å². The first-order valence-corrected chi connectivity index (χ1v) is 8.57. The number of halogens is 3. The summed E-state index contributed by atoms with van der Waals surface area (Å²) < 4.78 is 37.0. The smallest absolute Gasteiger partial charge is 0.311 e. The van der Waals surface area contributed by atoms with Gasteiger partial charge in [-0.25, -0.2) is 0 Å². The van der Waals surface area contributed by atoms with Crippen molar-refractivity contribution in [3.63, 3.8) is 0 Å². The largest absolute Gasteiger partial charge is 0.446 e. The van der Waals surface area contributed by atoms with Gasteiger partial charge in [0.05, 0.1) is 0 Å². The average molecular weight is 321 g/mol. The molecule has 1 aliphatic carbocycles. The molecule has 0 spiro atoms. The molecule has 1 aromatic rings. The maximum absolute atomic E-state index is 12.2. The van der Waals surface area contributed by atoms with Gasteiger partial charge in [0, 0.05) is 22.7 Å². The van der Waals surface area contributed by atoms with Gasteiger partial charge in [-0.1, -0.05) is 18.6 Å². The van der Waals surface area contributed by atoms with Crippen LogP contribution in [0.3, 0.4) is 0 Å². The van der Waals surface area contributed by atoms with E-state index in [1.165, 1.54) is 31.4 Å². The van der Waals surface area contributed by atoms with Gasteiger partial charge in [0.15, 0.2) is 0 Å². The molecular weight excluding hydrogens is 303 g/mol. The van der Waals surface area contributed by atoms with Crippen molar-refractivity contribution in [2.24, 2.45) is 0 Å². The lowest BCUT2D eigenvalue weighted by Crippen LogP contribution is -2.43. The summed E-state index contributed by atoms with van der Waals surface area (Å²) in [6.45, 7) is 1.67. The van der Waals surface area contributed by atoms with Crippen LogP contribution in [-0.2, 0) is 6.54 Å². The molecule has 0 heterocycles. The van der Waals surface area contributed by atoms with Gasteiger partial charge >= 0.3 is 5.51 Å². The van der Waals surface area contributed by atoms with Crippen molar-refractivity contribution >= 4 is 23.5 Å². The van der Waals surface area contributed by atoms with Gasteiger partial charge in [-0.2, -0.15) is 24.9 Å². The summed E-state index contributed by atoms with van der Waals surface area (Å²) in [4.78, 5) is 0.237. The maximum atomic E-state index is 12.2. The lowest BCUT2D eigenvalue weighted by molar-refractivity contribution is -0.0328. The van der Waals surface area contributed by atoms with Gasteiger partial charge < -0.3 is 5.32 Å². The Morgan fingerprint density at radius 2 is 1.85 bits per heavy atom. The lowest BCUT2D eigenvalue weighted by Gasteiger charge is -2.40. The molecule has 2 rings (SSSR count). The van der Waals surface area contributed by atoms with Crippen molar-refractivity contribution in [2.75, 3.05) is 12.8 Å². The van der Waals surface area contributed by atoms with Crippen LogP contribution in [0.25, 0.3) is 0 Å². The molecule has 0 atom stereocenters. The van der Waals surface area contributed by atoms with E-state index in [-0.39, 0.29) is 16.7 Å². The molecule has 1 N–H and O–H groups in total. The molecule has 1 aliphatic rings. The third-order valence-electron chi connectivity index (χ3n) is 3.63. The van der Waals surface area contributed by atoms with Crippen LogP contribution in [-0.4, -0.2) is 23.1 Å². The van der Waals surface area contributed by atoms with Crippen molar-refractivity contribution < 1.29 is 13.2 Å². The highest BCUT2D eigenvalue weighted by Crippen LogP contribution is 2.42. The Hall–Kier alpha value is -0.330. The molecule has 112 valence electrons. The molecule has 0 bridgehead atoms. The summed E-state index contributed by atoms with van der Waals surface area (Å²) in [6.07, 6.45) is 5.94. The van der Waals surface area contributed by atoms with Gasteiger partial charge in [0.25, 0.3) is 0 Å². The molecule has 20 heavy (non-hydrogen) atoms. The van der Waals surface area contributed by atoms with Crippen LogP contribution in [0.5, 0.6) is 0 Å². The van der Waals surface area contributed by atoms with Crippen molar-refractivity contribution in [1.29, 1.82) is 0 Å². The van der Waals surface area contributed by atoms with E-state index in [0.717, 1.165) is 12.1 Å². The summed E-state index contributed by atoms with van der Waals surface area (Å²) in [7, 11) is 0. The number of hydrogen-bond donors (Lipinski definition) is 1. The van der Waals surface area contributed by atoms with E-state index in [4.69, 9.17) is 0 Å². The number of thioether (sulfide) groups is 2. The topological polar surface area (TPSA) is 12.0 Å². The maximum Gasteiger partial charge on any atom is 0.446 e. The van der Waals surface area contributed by atoms with Gasteiger partial charge in [0.2, 0.25) is 0 Å². The summed E-state index contributed by atoms with van der Waals surface area (Å²) in [5.41, 5.74) is -3.19. The third-order valence-corrected chi connectivity index (χ3v) is 5.79. The van der Waals surface area contributed by atoms with E-state index in [0.29, 0.717) is 11.3 Å². The predicted octanol–water partition coefficient (Wildman–Crippen LogP) is 4.67. The second kappa shape index (κ2) is 6.62. The van der Waals surface area contributed by atoms with Crippen LogP contribution in [0.15, 0.2) is 29.2 Å². The zero-order chi connectivity index (χ0) is 14.6. The number of alkyl halides is 3. The van der Waals surface area contributed by atoms with E-state index in [2.05, 4.69) is 11.6 Å². The zero-order valence-electron chi connectivity index (χ0n) is 11.3.